The van der Waals surface area contributed by atoms with Crippen LogP contribution in [0.15, 0.2) is 18.3 Å². The first-order valence-corrected chi connectivity index (χ1v) is 7.93. The third-order valence-electron chi connectivity index (χ3n) is 4.04. The van der Waals surface area contributed by atoms with E-state index in [9.17, 15) is 0 Å². The number of anilines is 1. The predicted molar refractivity (Wildman–Crippen MR) is 86.1 cm³/mol. The lowest BCUT2D eigenvalue weighted by atomic mass is 9.85. The van der Waals surface area contributed by atoms with E-state index >= 15 is 0 Å². The number of nitrogens with zero attached hydrogens (tertiary/aromatic N) is 2. The number of pyridine rings is 1. The maximum absolute atomic E-state index is 4.56. The highest BCUT2D eigenvalue weighted by Gasteiger charge is 2.20. The summed E-state index contributed by atoms with van der Waals surface area (Å²) in [5.74, 6) is 2.01. The van der Waals surface area contributed by atoms with Crippen LogP contribution in [0.4, 0.5) is 5.82 Å². The molecule has 3 heteroatoms. The summed E-state index contributed by atoms with van der Waals surface area (Å²) in [6.45, 7) is 11.9. The second kappa shape index (κ2) is 6.57. The van der Waals surface area contributed by atoms with Gasteiger partial charge in [-0.2, -0.15) is 0 Å². The van der Waals surface area contributed by atoms with Gasteiger partial charge in [0.1, 0.15) is 5.82 Å². The molecule has 1 saturated carbocycles. The third-order valence-corrected chi connectivity index (χ3v) is 4.04. The summed E-state index contributed by atoms with van der Waals surface area (Å²) in [5, 5.41) is 3.54. The Morgan fingerprint density at radius 3 is 2.65 bits per heavy atom. The molecule has 0 atom stereocenters. The number of rotatable bonds is 6. The van der Waals surface area contributed by atoms with Crippen molar-refractivity contribution in [3.63, 3.8) is 0 Å². The highest BCUT2D eigenvalue weighted by atomic mass is 15.2. The molecule has 1 heterocycles. The SMILES string of the molecule is CCN(CC1CCC1)c1cc(CNC(C)(C)C)ccn1. The highest BCUT2D eigenvalue weighted by Crippen LogP contribution is 2.28. The van der Waals surface area contributed by atoms with Crippen molar-refractivity contribution in [3.8, 4) is 0 Å². The van der Waals surface area contributed by atoms with E-state index in [0.29, 0.717) is 0 Å². The van der Waals surface area contributed by atoms with Gasteiger partial charge in [0.15, 0.2) is 0 Å². The summed E-state index contributed by atoms with van der Waals surface area (Å²) < 4.78 is 0. The van der Waals surface area contributed by atoms with E-state index in [2.05, 4.69) is 55.0 Å². The van der Waals surface area contributed by atoms with Crippen molar-refractivity contribution in [2.75, 3.05) is 18.0 Å². The molecule has 0 unspecified atom stereocenters. The summed E-state index contributed by atoms with van der Waals surface area (Å²) in [5.41, 5.74) is 1.47. The summed E-state index contributed by atoms with van der Waals surface area (Å²) in [6.07, 6.45) is 6.13. The Hall–Kier alpha value is -1.09. The number of hydrogen-bond acceptors (Lipinski definition) is 3. The molecule has 0 aromatic carbocycles. The molecule has 0 saturated heterocycles. The van der Waals surface area contributed by atoms with Gasteiger partial charge in [0.05, 0.1) is 0 Å². The number of aromatic nitrogens is 1. The van der Waals surface area contributed by atoms with Gasteiger partial charge in [-0.3, -0.25) is 0 Å². The standard InChI is InChI=1S/C17H29N3/c1-5-20(13-14-7-6-8-14)16-11-15(9-10-18-16)12-19-17(2,3)4/h9-11,14,19H,5-8,12-13H2,1-4H3. The maximum atomic E-state index is 4.56. The van der Waals surface area contributed by atoms with Crippen LogP contribution in [0.25, 0.3) is 0 Å². The normalized spacial score (nSPS) is 16.0. The van der Waals surface area contributed by atoms with Crippen LogP contribution in [-0.2, 0) is 6.54 Å². The smallest absolute Gasteiger partial charge is 0.128 e. The zero-order valence-corrected chi connectivity index (χ0v) is 13.4. The first kappa shape index (κ1) is 15.3. The van der Waals surface area contributed by atoms with Crippen molar-refractivity contribution in [2.45, 2.75) is 59.0 Å². The molecular formula is C17H29N3. The number of nitrogens with one attached hydrogen (secondary N) is 1. The zero-order valence-electron chi connectivity index (χ0n) is 13.4. The second-order valence-corrected chi connectivity index (χ2v) is 6.96. The van der Waals surface area contributed by atoms with Gasteiger partial charge in [-0.1, -0.05) is 6.42 Å². The molecule has 2 rings (SSSR count). The van der Waals surface area contributed by atoms with Gasteiger partial charge in [-0.05, 0) is 64.2 Å². The molecule has 20 heavy (non-hydrogen) atoms. The Morgan fingerprint density at radius 2 is 2.10 bits per heavy atom. The van der Waals surface area contributed by atoms with Crippen molar-refractivity contribution < 1.29 is 0 Å². The average Bonchev–Trinajstić information content (AvgIpc) is 2.35. The van der Waals surface area contributed by atoms with Crippen LogP contribution >= 0.6 is 0 Å². The lowest BCUT2D eigenvalue weighted by molar-refractivity contribution is 0.318. The van der Waals surface area contributed by atoms with E-state index in [4.69, 9.17) is 0 Å². The minimum Gasteiger partial charge on any atom is -0.357 e. The van der Waals surface area contributed by atoms with E-state index in [1.165, 1.54) is 31.4 Å². The summed E-state index contributed by atoms with van der Waals surface area (Å²) in [7, 11) is 0. The van der Waals surface area contributed by atoms with E-state index in [-0.39, 0.29) is 5.54 Å². The fourth-order valence-corrected chi connectivity index (χ4v) is 2.48. The minimum atomic E-state index is 0.153. The molecule has 3 nitrogen and oxygen atoms in total. The van der Waals surface area contributed by atoms with Crippen LogP contribution in [0.3, 0.4) is 0 Å². The molecule has 112 valence electrons. The fourth-order valence-electron chi connectivity index (χ4n) is 2.48. The van der Waals surface area contributed by atoms with E-state index in [1.807, 2.05) is 6.20 Å². The van der Waals surface area contributed by atoms with Crippen LogP contribution in [0.1, 0.15) is 52.5 Å². The molecule has 1 aromatic rings. The van der Waals surface area contributed by atoms with Gasteiger partial charge in [-0.15, -0.1) is 0 Å². The van der Waals surface area contributed by atoms with Crippen molar-refractivity contribution in [1.29, 1.82) is 0 Å². The van der Waals surface area contributed by atoms with E-state index < -0.39 is 0 Å². The van der Waals surface area contributed by atoms with Crippen LogP contribution in [0.5, 0.6) is 0 Å². The molecule has 1 aromatic heterocycles. The van der Waals surface area contributed by atoms with Gasteiger partial charge < -0.3 is 10.2 Å². The van der Waals surface area contributed by atoms with E-state index in [0.717, 1.165) is 24.8 Å². The molecule has 0 radical (unpaired) electrons. The molecule has 1 fully saturated rings. The van der Waals surface area contributed by atoms with Crippen molar-refractivity contribution >= 4 is 5.82 Å². The van der Waals surface area contributed by atoms with Crippen molar-refractivity contribution in [1.82, 2.24) is 10.3 Å². The van der Waals surface area contributed by atoms with Gasteiger partial charge in [0, 0.05) is 31.4 Å². The Morgan fingerprint density at radius 1 is 1.35 bits per heavy atom. The Balaban J connectivity index is 1.99. The number of hydrogen-bond donors (Lipinski definition) is 1. The largest absolute Gasteiger partial charge is 0.357 e. The summed E-state index contributed by atoms with van der Waals surface area (Å²) in [6, 6.07) is 4.35. The molecule has 0 spiro atoms. The third kappa shape index (κ3) is 4.48. The minimum absolute atomic E-state index is 0.153. The van der Waals surface area contributed by atoms with Gasteiger partial charge in [0.2, 0.25) is 0 Å². The van der Waals surface area contributed by atoms with Gasteiger partial charge in [-0.25, -0.2) is 4.98 Å². The zero-order chi connectivity index (χ0) is 14.6. The molecule has 0 bridgehead atoms. The van der Waals surface area contributed by atoms with Gasteiger partial charge in [0.25, 0.3) is 0 Å². The van der Waals surface area contributed by atoms with Crippen LogP contribution in [0.2, 0.25) is 0 Å². The average molecular weight is 275 g/mol. The molecule has 1 aliphatic carbocycles. The van der Waals surface area contributed by atoms with Crippen molar-refractivity contribution in [3.05, 3.63) is 23.9 Å². The van der Waals surface area contributed by atoms with Crippen molar-refractivity contribution in [2.24, 2.45) is 5.92 Å². The van der Waals surface area contributed by atoms with Crippen LogP contribution < -0.4 is 10.2 Å². The highest BCUT2D eigenvalue weighted by molar-refractivity contribution is 5.41. The van der Waals surface area contributed by atoms with Gasteiger partial charge >= 0.3 is 0 Å². The Bertz CT molecular complexity index is 418. The molecule has 0 aliphatic heterocycles. The quantitative estimate of drug-likeness (QED) is 0.860. The lowest BCUT2D eigenvalue weighted by Gasteiger charge is -2.32. The maximum Gasteiger partial charge on any atom is 0.128 e. The van der Waals surface area contributed by atoms with Crippen LogP contribution in [-0.4, -0.2) is 23.6 Å². The molecule has 0 amide bonds. The van der Waals surface area contributed by atoms with Crippen LogP contribution in [0, 0.1) is 5.92 Å². The lowest BCUT2D eigenvalue weighted by Crippen LogP contribution is -2.35. The topological polar surface area (TPSA) is 28.2 Å². The Kier molecular flexibility index (Phi) is 5.03. The molecular weight excluding hydrogens is 246 g/mol. The second-order valence-electron chi connectivity index (χ2n) is 6.96. The van der Waals surface area contributed by atoms with E-state index in [1.54, 1.807) is 0 Å². The first-order chi connectivity index (χ1) is 9.48. The molecule has 1 N–H and O–H groups in total. The summed E-state index contributed by atoms with van der Waals surface area (Å²) in [4.78, 5) is 6.99. The monoisotopic (exact) mass is 275 g/mol. The first-order valence-electron chi connectivity index (χ1n) is 7.93. The fraction of sp³-hybridized carbons (Fsp3) is 0.706. The summed E-state index contributed by atoms with van der Waals surface area (Å²) >= 11 is 0. The Labute approximate surface area is 123 Å². The molecule has 1 aliphatic rings. The predicted octanol–water partition coefficient (Wildman–Crippen LogP) is 3.60.